The number of ketones is 1. The number of hydrogen-bond acceptors (Lipinski definition) is 6. The smallest absolute Gasteiger partial charge is 0.186 e. The minimum atomic E-state index is -0.605. The maximum Gasteiger partial charge on any atom is 0.186 e. The number of nitrogens with zero attached hydrogens (tertiary/aromatic N) is 3. The van der Waals surface area contributed by atoms with E-state index in [2.05, 4.69) is 46.8 Å². The van der Waals surface area contributed by atoms with Crippen LogP contribution < -0.4 is 0 Å². The van der Waals surface area contributed by atoms with E-state index in [1.165, 1.54) is 23.1 Å². The van der Waals surface area contributed by atoms with Crippen molar-refractivity contribution in [3.63, 3.8) is 0 Å². The largest absolute Gasteiger partial charge is 0.318 e. The van der Waals surface area contributed by atoms with Crippen LogP contribution in [-0.2, 0) is 11.2 Å². The number of para-hydroxylation sites is 1. The van der Waals surface area contributed by atoms with Crippen molar-refractivity contribution in [2.45, 2.75) is 33.1 Å². The average Bonchev–Trinajstić information content (AvgIpc) is 3.33. The second kappa shape index (κ2) is 7.48. The van der Waals surface area contributed by atoms with Crippen LogP contribution in [0.1, 0.15) is 39.8 Å². The van der Waals surface area contributed by atoms with E-state index in [9.17, 15) is 4.79 Å². The van der Waals surface area contributed by atoms with E-state index in [0.717, 1.165) is 34.1 Å². The van der Waals surface area contributed by atoms with Crippen molar-refractivity contribution in [1.29, 1.82) is 5.41 Å². The van der Waals surface area contributed by atoms with E-state index in [1.54, 1.807) is 0 Å². The van der Waals surface area contributed by atoms with E-state index in [4.69, 9.17) is 5.41 Å². The molecule has 3 aromatic rings. The van der Waals surface area contributed by atoms with E-state index in [-0.39, 0.29) is 5.78 Å². The van der Waals surface area contributed by atoms with Crippen molar-refractivity contribution in [2.75, 3.05) is 0 Å². The molecule has 1 fully saturated rings. The van der Waals surface area contributed by atoms with E-state index >= 15 is 0 Å². The van der Waals surface area contributed by atoms with Crippen LogP contribution in [0.3, 0.4) is 0 Å². The summed E-state index contributed by atoms with van der Waals surface area (Å²) in [6, 6.07) is 12.2. The normalized spacial score (nSPS) is 18.4. The molecule has 1 aliphatic heterocycles. The van der Waals surface area contributed by atoms with Crippen LogP contribution >= 0.6 is 23.1 Å². The Labute approximate surface area is 172 Å². The predicted molar refractivity (Wildman–Crippen MR) is 116 cm³/mol. The number of carbonyl (C=O) groups is 1. The Bertz CT molecular complexity index is 1100. The first-order valence-electron chi connectivity index (χ1n) is 9.08. The van der Waals surface area contributed by atoms with Gasteiger partial charge in [-0.3, -0.25) is 10.2 Å². The highest BCUT2D eigenvalue weighted by molar-refractivity contribution is 8.19. The fourth-order valence-corrected chi connectivity index (χ4v) is 5.33. The molecule has 142 valence electrons. The van der Waals surface area contributed by atoms with E-state index in [0.29, 0.717) is 15.0 Å². The lowest BCUT2D eigenvalue weighted by Crippen LogP contribution is -2.11. The van der Waals surface area contributed by atoms with E-state index < -0.39 is 5.92 Å². The fourth-order valence-electron chi connectivity index (χ4n) is 3.39. The molecule has 0 radical (unpaired) electrons. The zero-order valence-corrected chi connectivity index (χ0v) is 17.5. The molecule has 1 atom stereocenters. The molecule has 1 saturated heterocycles. The zero-order chi connectivity index (χ0) is 19.8. The van der Waals surface area contributed by atoms with Gasteiger partial charge in [-0.05, 0) is 50.1 Å². The standard InChI is InChI=1S/C21H20N4OS2/c1-4-17-23-24-21(28-17)18-19(26)16(27-20(18)22)11-14-10-12(2)25(13(14)3)15-8-6-5-7-9-15/h5-11,18,22H,4H2,1-3H3/b16-11-,22-20?/t18-/m1/s1. The van der Waals surface area contributed by atoms with Gasteiger partial charge in [0.25, 0.3) is 0 Å². The molecule has 2 aromatic heterocycles. The summed E-state index contributed by atoms with van der Waals surface area (Å²) in [6.45, 7) is 6.12. The summed E-state index contributed by atoms with van der Waals surface area (Å²) in [5, 5.41) is 18.4. The molecule has 0 amide bonds. The second-order valence-electron chi connectivity index (χ2n) is 6.66. The molecular weight excluding hydrogens is 388 g/mol. The number of nitrogens with one attached hydrogen (secondary N) is 1. The van der Waals surface area contributed by atoms with Gasteiger partial charge in [0.2, 0.25) is 0 Å². The maximum atomic E-state index is 13.0. The number of thioether (sulfide) groups is 1. The summed E-state index contributed by atoms with van der Waals surface area (Å²) in [4.78, 5) is 13.6. The first kappa shape index (κ1) is 18.8. The van der Waals surface area contributed by atoms with Crippen molar-refractivity contribution in [1.82, 2.24) is 14.8 Å². The third kappa shape index (κ3) is 3.25. The number of benzene rings is 1. The van der Waals surface area contributed by atoms with Crippen LogP contribution in [0.2, 0.25) is 0 Å². The Balaban J connectivity index is 1.69. The summed E-state index contributed by atoms with van der Waals surface area (Å²) in [5.41, 5.74) is 4.27. The van der Waals surface area contributed by atoms with Gasteiger partial charge in [-0.15, -0.1) is 21.5 Å². The van der Waals surface area contributed by atoms with Gasteiger partial charge in [-0.1, -0.05) is 36.9 Å². The molecule has 0 saturated carbocycles. The van der Waals surface area contributed by atoms with Crippen LogP contribution in [-0.4, -0.2) is 25.6 Å². The minimum Gasteiger partial charge on any atom is -0.318 e. The Morgan fingerprint density at radius 2 is 1.96 bits per heavy atom. The molecule has 0 spiro atoms. The molecule has 0 unspecified atom stereocenters. The summed E-state index contributed by atoms with van der Waals surface area (Å²) >= 11 is 2.66. The average molecular weight is 409 g/mol. The van der Waals surface area contributed by atoms with Crippen LogP contribution in [0.4, 0.5) is 0 Å². The van der Waals surface area contributed by atoms with Gasteiger partial charge in [0, 0.05) is 17.1 Å². The number of allylic oxidation sites excluding steroid dienone is 1. The topological polar surface area (TPSA) is 71.6 Å². The van der Waals surface area contributed by atoms with Crippen LogP contribution in [0, 0.1) is 19.3 Å². The molecule has 4 rings (SSSR count). The zero-order valence-electron chi connectivity index (χ0n) is 15.9. The molecule has 28 heavy (non-hydrogen) atoms. The van der Waals surface area contributed by atoms with Gasteiger partial charge in [-0.25, -0.2) is 0 Å². The quantitative estimate of drug-likeness (QED) is 0.622. The van der Waals surface area contributed by atoms with Crippen molar-refractivity contribution in [3.8, 4) is 5.69 Å². The molecule has 1 aliphatic rings. The van der Waals surface area contributed by atoms with Gasteiger partial charge in [0.15, 0.2) is 5.78 Å². The lowest BCUT2D eigenvalue weighted by Gasteiger charge is -2.09. The number of rotatable bonds is 4. The first-order valence-corrected chi connectivity index (χ1v) is 10.7. The van der Waals surface area contributed by atoms with Crippen molar-refractivity contribution in [3.05, 3.63) is 68.3 Å². The lowest BCUT2D eigenvalue weighted by atomic mass is 10.1. The fraction of sp³-hybridized carbons (Fsp3) is 0.238. The molecule has 1 aromatic carbocycles. The predicted octanol–water partition coefficient (Wildman–Crippen LogP) is 4.93. The number of Topliss-reactive ketones (excluding diaryl/α,β-unsaturated/α-hetero) is 1. The molecule has 7 heteroatoms. The van der Waals surface area contributed by atoms with Gasteiger partial charge >= 0.3 is 0 Å². The third-order valence-electron chi connectivity index (χ3n) is 4.79. The highest BCUT2D eigenvalue weighted by atomic mass is 32.2. The van der Waals surface area contributed by atoms with Crippen molar-refractivity contribution in [2.24, 2.45) is 0 Å². The SMILES string of the molecule is CCc1nnc([C@H]2C(=N)S/C(=C\c3cc(C)n(-c4ccccc4)c3C)C2=O)s1. The molecule has 1 N–H and O–H groups in total. The molecule has 5 nitrogen and oxygen atoms in total. The van der Waals surface area contributed by atoms with Gasteiger partial charge in [0.05, 0.1) is 9.95 Å². The lowest BCUT2D eigenvalue weighted by molar-refractivity contribution is -0.114. The van der Waals surface area contributed by atoms with Gasteiger partial charge < -0.3 is 4.57 Å². The molecule has 0 bridgehead atoms. The summed E-state index contributed by atoms with van der Waals surface area (Å²) < 4.78 is 2.18. The molecule has 0 aliphatic carbocycles. The Morgan fingerprint density at radius 3 is 2.64 bits per heavy atom. The summed E-state index contributed by atoms with van der Waals surface area (Å²) in [5.74, 6) is -0.662. The van der Waals surface area contributed by atoms with Crippen molar-refractivity contribution < 1.29 is 4.79 Å². The van der Waals surface area contributed by atoms with Gasteiger partial charge in [0.1, 0.15) is 15.9 Å². The second-order valence-corrected chi connectivity index (χ2v) is 8.83. The Kier molecular flexibility index (Phi) is 5.03. The summed E-state index contributed by atoms with van der Waals surface area (Å²) in [6.07, 6.45) is 2.69. The highest BCUT2D eigenvalue weighted by Crippen LogP contribution is 2.42. The maximum absolute atomic E-state index is 13.0. The molecule has 3 heterocycles. The minimum absolute atomic E-state index is 0.0571. The third-order valence-corrected chi connectivity index (χ3v) is 6.92. The number of aromatic nitrogens is 3. The summed E-state index contributed by atoms with van der Waals surface area (Å²) in [7, 11) is 0. The van der Waals surface area contributed by atoms with E-state index in [1.807, 2.05) is 31.2 Å². The van der Waals surface area contributed by atoms with Crippen molar-refractivity contribution >= 4 is 40.0 Å². The monoisotopic (exact) mass is 408 g/mol. The first-order chi connectivity index (χ1) is 13.5. The number of aryl methyl sites for hydroxylation is 2. The van der Waals surface area contributed by atoms with Gasteiger partial charge in [-0.2, -0.15) is 0 Å². The van der Waals surface area contributed by atoms with Crippen LogP contribution in [0.5, 0.6) is 0 Å². The molecular formula is C21H20N4OS2. The van der Waals surface area contributed by atoms with Crippen LogP contribution in [0.25, 0.3) is 11.8 Å². The van der Waals surface area contributed by atoms with Crippen LogP contribution in [0.15, 0.2) is 41.3 Å². The number of hydrogen-bond donors (Lipinski definition) is 1. The Morgan fingerprint density at radius 1 is 1.21 bits per heavy atom. The Hall–Kier alpha value is -2.51. The highest BCUT2D eigenvalue weighted by Gasteiger charge is 2.39. The number of carbonyl (C=O) groups excluding carboxylic acids is 1.